The van der Waals surface area contributed by atoms with Crippen LogP contribution in [0, 0.1) is 13.8 Å². The van der Waals surface area contributed by atoms with E-state index < -0.39 is 0 Å². The molecule has 2 aromatic heterocycles. The van der Waals surface area contributed by atoms with Crippen LogP contribution >= 0.6 is 0 Å². The summed E-state index contributed by atoms with van der Waals surface area (Å²) in [6, 6.07) is 2.08. The molecular formula is C16H25N5O. The molecule has 0 aliphatic carbocycles. The van der Waals surface area contributed by atoms with Gasteiger partial charge in [-0.1, -0.05) is 0 Å². The van der Waals surface area contributed by atoms with E-state index in [4.69, 9.17) is 4.74 Å². The van der Waals surface area contributed by atoms with Gasteiger partial charge in [0, 0.05) is 43.8 Å². The zero-order valence-electron chi connectivity index (χ0n) is 13.9. The lowest BCUT2D eigenvalue weighted by atomic mass is 10.2. The summed E-state index contributed by atoms with van der Waals surface area (Å²) in [6.45, 7) is 8.63. The van der Waals surface area contributed by atoms with E-state index in [1.54, 1.807) is 0 Å². The van der Waals surface area contributed by atoms with E-state index in [1.807, 2.05) is 6.92 Å². The monoisotopic (exact) mass is 303 g/mol. The van der Waals surface area contributed by atoms with Crippen molar-refractivity contribution in [1.29, 1.82) is 0 Å². The smallest absolute Gasteiger partial charge is 0.234 e. The van der Waals surface area contributed by atoms with Gasteiger partial charge in [0.25, 0.3) is 0 Å². The van der Waals surface area contributed by atoms with E-state index in [2.05, 4.69) is 57.5 Å². The lowest BCUT2D eigenvalue weighted by Crippen LogP contribution is -2.46. The highest BCUT2D eigenvalue weighted by Crippen LogP contribution is 2.13. The Bertz CT molecular complexity index is 651. The topological polar surface area (TPSA) is 45.9 Å². The summed E-state index contributed by atoms with van der Waals surface area (Å²) < 4.78 is 7.90. The number of hydrogen-bond donors (Lipinski definition) is 0. The van der Waals surface area contributed by atoms with Crippen LogP contribution in [0.3, 0.4) is 0 Å². The van der Waals surface area contributed by atoms with Crippen LogP contribution in [-0.2, 0) is 11.3 Å². The minimum Gasteiger partial charge on any atom is -0.374 e. The molecule has 6 heteroatoms. The fraction of sp³-hybridized carbons (Fsp3) is 0.625. The summed E-state index contributed by atoms with van der Waals surface area (Å²) >= 11 is 0. The van der Waals surface area contributed by atoms with Crippen LogP contribution in [0.5, 0.6) is 0 Å². The highest BCUT2D eigenvalue weighted by atomic mass is 16.5. The van der Waals surface area contributed by atoms with Crippen LogP contribution < -0.4 is 0 Å². The second kappa shape index (κ2) is 6.32. The molecule has 0 spiro atoms. The van der Waals surface area contributed by atoms with Crippen molar-refractivity contribution in [3.05, 3.63) is 29.3 Å². The highest BCUT2D eigenvalue weighted by molar-refractivity contribution is 5.34. The Morgan fingerprint density at radius 1 is 1.32 bits per heavy atom. The first-order chi connectivity index (χ1) is 10.5. The van der Waals surface area contributed by atoms with Gasteiger partial charge >= 0.3 is 0 Å². The number of morpholine rings is 1. The number of aromatic nitrogens is 3. The van der Waals surface area contributed by atoms with E-state index in [9.17, 15) is 0 Å². The Morgan fingerprint density at radius 3 is 2.91 bits per heavy atom. The van der Waals surface area contributed by atoms with E-state index in [0.717, 1.165) is 50.0 Å². The third-order valence-electron chi connectivity index (χ3n) is 3.99. The van der Waals surface area contributed by atoms with E-state index >= 15 is 0 Å². The van der Waals surface area contributed by atoms with Crippen molar-refractivity contribution in [2.24, 2.45) is 0 Å². The fourth-order valence-electron chi connectivity index (χ4n) is 3.07. The quantitative estimate of drug-likeness (QED) is 0.847. The Balaban J connectivity index is 1.71. The van der Waals surface area contributed by atoms with Crippen LogP contribution in [0.2, 0.25) is 0 Å². The SMILES string of the molecule is Cc1cc(C)n2cc(CN3CCOC(CN(C)C)C3)nc2n1. The van der Waals surface area contributed by atoms with Gasteiger partial charge in [-0.25, -0.2) is 9.97 Å². The number of fused-ring (bicyclic) bond motifs is 1. The minimum absolute atomic E-state index is 0.280. The van der Waals surface area contributed by atoms with Gasteiger partial charge in [-0.05, 0) is 34.0 Å². The predicted octanol–water partition coefficient (Wildman–Crippen LogP) is 1.11. The molecule has 120 valence electrons. The van der Waals surface area contributed by atoms with Crippen LogP contribution in [-0.4, -0.2) is 70.6 Å². The molecule has 1 fully saturated rings. The summed E-state index contributed by atoms with van der Waals surface area (Å²) in [4.78, 5) is 13.8. The third-order valence-corrected chi connectivity index (χ3v) is 3.99. The largest absolute Gasteiger partial charge is 0.374 e. The van der Waals surface area contributed by atoms with Crippen molar-refractivity contribution in [3.63, 3.8) is 0 Å². The lowest BCUT2D eigenvalue weighted by molar-refractivity contribution is -0.0409. The van der Waals surface area contributed by atoms with Gasteiger partial charge in [0.1, 0.15) is 0 Å². The Morgan fingerprint density at radius 2 is 2.14 bits per heavy atom. The standard InChI is InChI=1S/C16H25N5O/c1-12-7-13(2)21-9-14(18-16(21)17-12)8-20-5-6-22-15(11-20)10-19(3)4/h7,9,15H,5-6,8,10-11H2,1-4H3. The Kier molecular flexibility index (Phi) is 4.42. The van der Waals surface area contributed by atoms with Crippen molar-refractivity contribution < 1.29 is 4.74 Å². The van der Waals surface area contributed by atoms with Crippen LogP contribution in [0.1, 0.15) is 17.1 Å². The number of nitrogens with zero attached hydrogens (tertiary/aromatic N) is 5. The molecule has 0 aromatic carbocycles. The number of rotatable bonds is 4. The van der Waals surface area contributed by atoms with Gasteiger partial charge in [-0.3, -0.25) is 9.30 Å². The average molecular weight is 303 g/mol. The zero-order chi connectivity index (χ0) is 15.7. The normalized spacial score (nSPS) is 20.1. The van der Waals surface area contributed by atoms with Crippen molar-refractivity contribution in [1.82, 2.24) is 24.2 Å². The van der Waals surface area contributed by atoms with Crippen LogP contribution in [0.25, 0.3) is 5.78 Å². The summed E-state index contributed by atoms with van der Waals surface area (Å²) in [6.07, 6.45) is 2.39. The summed E-state index contributed by atoms with van der Waals surface area (Å²) in [5.41, 5.74) is 3.26. The van der Waals surface area contributed by atoms with Gasteiger partial charge < -0.3 is 9.64 Å². The summed E-state index contributed by atoms with van der Waals surface area (Å²) in [7, 11) is 4.17. The van der Waals surface area contributed by atoms with Gasteiger partial charge in [-0.15, -0.1) is 0 Å². The average Bonchev–Trinajstić information content (AvgIpc) is 2.81. The molecule has 1 aliphatic rings. The van der Waals surface area contributed by atoms with E-state index in [0.29, 0.717) is 0 Å². The molecule has 6 nitrogen and oxygen atoms in total. The van der Waals surface area contributed by atoms with Gasteiger partial charge in [0.15, 0.2) is 0 Å². The first-order valence-electron chi connectivity index (χ1n) is 7.82. The molecular weight excluding hydrogens is 278 g/mol. The lowest BCUT2D eigenvalue weighted by Gasteiger charge is -2.33. The maximum atomic E-state index is 5.83. The van der Waals surface area contributed by atoms with Crippen LogP contribution in [0.15, 0.2) is 12.3 Å². The molecule has 22 heavy (non-hydrogen) atoms. The van der Waals surface area contributed by atoms with E-state index in [1.165, 1.54) is 5.69 Å². The zero-order valence-corrected chi connectivity index (χ0v) is 13.9. The number of aryl methyl sites for hydroxylation is 2. The molecule has 0 amide bonds. The molecule has 0 saturated carbocycles. The molecule has 1 unspecified atom stereocenters. The summed E-state index contributed by atoms with van der Waals surface area (Å²) in [5.74, 6) is 0.797. The Hall–Kier alpha value is -1.50. The molecule has 0 bridgehead atoms. The maximum absolute atomic E-state index is 5.83. The molecule has 1 aliphatic heterocycles. The van der Waals surface area contributed by atoms with E-state index in [-0.39, 0.29) is 6.10 Å². The summed E-state index contributed by atoms with van der Waals surface area (Å²) in [5, 5.41) is 0. The first kappa shape index (κ1) is 15.4. The second-order valence-corrected chi connectivity index (χ2v) is 6.43. The molecule has 1 saturated heterocycles. The highest BCUT2D eigenvalue weighted by Gasteiger charge is 2.21. The van der Waals surface area contributed by atoms with Crippen molar-refractivity contribution in [2.75, 3.05) is 40.3 Å². The third kappa shape index (κ3) is 3.45. The molecule has 0 radical (unpaired) electrons. The number of hydrogen-bond acceptors (Lipinski definition) is 5. The second-order valence-electron chi connectivity index (χ2n) is 6.43. The maximum Gasteiger partial charge on any atom is 0.234 e. The molecule has 1 atom stereocenters. The minimum atomic E-state index is 0.280. The molecule has 3 heterocycles. The Labute approximate surface area is 131 Å². The number of ether oxygens (including phenoxy) is 1. The van der Waals surface area contributed by atoms with Crippen molar-refractivity contribution in [3.8, 4) is 0 Å². The first-order valence-corrected chi connectivity index (χ1v) is 7.82. The van der Waals surface area contributed by atoms with Gasteiger partial charge in [0.05, 0.1) is 18.4 Å². The van der Waals surface area contributed by atoms with Gasteiger partial charge in [0.2, 0.25) is 5.78 Å². The molecule has 2 aromatic rings. The fourth-order valence-corrected chi connectivity index (χ4v) is 3.07. The molecule has 0 N–H and O–H groups in total. The van der Waals surface area contributed by atoms with Crippen molar-refractivity contribution in [2.45, 2.75) is 26.5 Å². The molecule has 3 rings (SSSR count). The number of imidazole rings is 1. The predicted molar refractivity (Wildman–Crippen MR) is 86.0 cm³/mol. The number of likely N-dealkylation sites (N-methyl/N-ethyl adjacent to an activating group) is 1. The van der Waals surface area contributed by atoms with Crippen molar-refractivity contribution >= 4 is 5.78 Å². The van der Waals surface area contributed by atoms with Gasteiger partial charge in [-0.2, -0.15) is 0 Å². The van der Waals surface area contributed by atoms with Crippen LogP contribution in [0.4, 0.5) is 0 Å².